The molecule has 4 aliphatic heterocycles. The summed E-state index contributed by atoms with van der Waals surface area (Å²) in [4.78, 5) is 23.0. The number of ether oxygens (including phenoxy) is 2. The monoisotopic (exact) mass is 671 g/mol. The Balaban J connectivity index is 1.23. The van der Waals surface area contributed by atoms with Gasteiger partial charge in [-0.1, -0.05) is 23.7 Å². The largest absolute Gasteiger partial charge is 0.479 e. The first-order valence-electron chi connectivity index (χ1n) is 16.1. The third kappa shape index (κ3) is 5.31. The topological polar surface area (TPSA) is 93.0 Å². The Hall–Kier alpha value is -3.54. The highest BCUT2D eigenvalue weighted by Gasteiger charge is 2.48. The third-order valence-corrected chi connectivity index (χ3v) is 11.1. The number of aliphatic carboxylic acids is 1. The number of carboxylic acid groups (broad SMARTS) is 1. The van der Waals surface area contributed by atoms with Crippen LogP contribution in [0.5, 0.6) is 0 Å². The number of carboxylic acids is 1. The zero-order valence-electron chi connectivity index (χ0n) is 27.2. The fraction of sp³-hybridized carbons (Fsp3) is 0.417. The van der Waals surface area contributed by atoms with Crippen molar-refractivity contribution in [2.45, 2.75) is 63.9 Å². The predicted molar refractivity (Wildman–Crippen MR) is 187 cm³/mol. The molecule has 5 aromatic rings. The lowest BCUT2D eigenvalue weighted by Gasteiger charge is -2.59. The predicted octanol–water partition coefficient (Wildman–Crippen LogP) is 7.08. The van der Waals surface area contributed by atoms with Crippen molar-refractivity contribution in [2.75, 3.05) is 31.2 Å². The Labute approximate surface area is 282 Å². The number of piperazine rings is 1. The fourth-order valence-electron chi connectivity index (χ4n) is 7.45. The van der Waals surface area contributed by atoms with Gasteiger partial charge < -0.3 is 19.5 Å². The number of halogens is 1. The minimum Gasteiger partial charge on any atom is -0.479 e. The molecule has 3 aromatic carbocycles. The van der Waals surface area contributed by atoms with Crippen LogP contribution >= 0.6 is 22.9 Å². The minimum atomic E-state index is -1.16. The number of hydrogen-bond acceptors (Lipinski definition) is 8. The SMILES string of the molecule is Cc1cc2nc(-c3ccc4c(c3)c(N3C5CC3CN(C3COC3)C5)nn4C)sc2c(-c2ccc(Cl)cc2)c1C(OC(C)(C)C)C(=O)O. The van der Waals surface area contributed by atoms with E-state index in [4.69, 9.17) is 31.2 Å². The molecule has 0 amide bonds. The molecule has 0 saturated carbocycles. The molecule has 3 unspecified atom stereocenters. The summed E-state index contributed by atoms with van der Waals surface area (Å²) in [5.41, 5.74) is 5.37. The molecule has 3 atom stereocenters. The van der Waals surface area contributed by atoms with Gasteiger partial charge in [-0.3, -0.25) is 9.58 Å². The first kappa shape index (κ1) is 30.8. The van der Waals surface area contributed by atoms with Crippen LogP contribution in [-0.2, 0) is 21.3 Å². The average molecular weight is 672 g/mol. The van der Waals surface area contributed by atoms with Gasteiger partial charge in [-0.25, -0.2) is 9.78 Å². The number of aromatic nitrogens is 3. The first-order valence-corrected chi connectivity index (χ1v) is 17.3. The van der Waals surface area contributed by atoms with Gasteiger partial charge >= 0.3 is 5.97 Å². The Morgan fingerprint density at radius 3 is 2.40 bits per heavy atom. The van der Waals surface area contributed by atoms with E-state index in [1.807, 2.05) is 69.8 Å². The van der Waals surface area contributed by atoms with E-state index >= 15 is 0 Å². The second kappa shape index (κ2) is 11.3. The second-order valence-corrected chi connectivity index (χ2v) is 15.5. The minimum absolute atomic E-state index is 0.458. The summed E-state index contributed by atoms with van der Waals surface area (Å²) in [5, 5.41) is 18.1. The second-order valence-electron chi connectivity index (χ2n) is 14.1. The highest BCUT2D eigenvalue weighted by Crippen LogP contribution is 2.46. The third-order valence-electron chi connectivity index (χ3n) is 9.70. The molecule has 47 heavy (non-hydrogen) atoms. The van der Waals surface area contributed by atoms with Gasteiger partial charge in [0.25, 0.3) is 0 Å². The number of aryl methyl sites for hydroxylation is 2. The number of carbonyl (C=O) groups is 1. The number of hydrogen-bond donors (Lipinski definition) is 1. The number of thiazole rings is 1. The van der Waals surface area contributed by atoms with Gasteiger partial charge in [-0.05, 0) is 81.6 Å². The number of anilines is 1. The standard InChI is InChI=1S/C36H38ClN5O4S/c1-19-12-27-32(30(20-6-9-22(37)10-7-20)29(19)31(35(43)44)46-36(2,3)4)47-34(38-27)21-8-11-28-26(13-21)33(39-40(28)5)42-23-14-24(42)16-41(15-23)25-17-45-18-25/h6-13,23-25,31H,14-18H2,1-5H3,(H,43,44). The molecule has 4 aliphatic rings. The molecular formula is C36H38ClN5O4S. The molecule has 4 fully saturated rings. The van der Waals surface area contributed by atoms with E-state index in [9.17, 15) is 9.90 Å². The van der Waals surface area contributed by atoms with Crippen LogP contribution in [0.3, 0.4) is 0 Å². The van der Waals surface area contributed by atoms with Crippen molar-refractivity contribution < 1.29 is 19.4 Å². The van der Waals surface area contributed by atoms with Gasteiger partial charge in [0.05, 0.1) is 40.6 Å². The molecule has 11 heteroatoms. The summed E-state index contributed by atoms with van der Waals surface area (Å²) in [6, 6.07) is 17.5. The number of nitrogens with zero attached hydrogens (tertiary/aromatic N) is 5. The maximum absolute atomic E-state index is 12.7. The smallest absolute Gasteiger partial charge is 0.337 e. The van der Waals surface area contributed by atoms with Crippen LogP contribution in [0, 0.1) is 6.92 Å². The van der Waals surface area contributed by atoms with E-state index in [-0.39, 0.29) is 0 Å². The number of piperidine rings is 1. The van der Waals surface area contributed by atoms with Crippen molar-refractivity contribution in [2.24, 2.45) is 7.05 Å². The molecule has 4 saturated heterocycles. The maximum atomic E-state index is 12.7. The van der Waals surface area contributed by atoms with Crippen LogP contribution in [-0.4, -0.2) is 80.8 Å². The van der Waals surface area contributed by atoms with E-state index in [1.54, 1.807) is 11.3 Å². The fourth-order valence-corrected chi connectivity index (χ4v) is 8.70. The van der Waals surface area contributed by atoms with Gasteiger partial charge in [0.15, 0.2) is 11.9 Å². The highest BCUT2D eigenvalue weighted by molar-refractivity contribution is 7.22. The molecule has 0 radical (unpaired) electrons. The molecule has 244 valence electrons. The van der Waals surface area contributed by atoms with E-state index in [1.165, 1.54) is 6.42 Å². The quantitative estimate of drug-likeness (QED) is 0.196. The van der Waals surface area contributed by atoms with Crippen LogP contribution in [0.2, 0.25) is 5.02 Å². The van der Waals surface area contributed by atoms with Crippen LogP contribution in [0.25, 0.3) is 42.8 Å². The van der Waals surface area contributed by atoms with E-state index < -0.39 is 17.7 Å². The lowest BCUT2D eigenvalue weighted by molar-refractivity contribution is -0.160. The van der Waals surface area contributed by atoms with Gasteiger partial charge in [-0.2, -0.15) is 5.10 Å². The Kier molecular flexibility index (Phi) is 7.38. The highest BCUT2D eigenvalue weighted by atomic mass is 35.5. The zero-order valence-corrected chi connectivity index (χ0v) is 28.7. The summed E-state index contributed by atoms with van der Waals surface area (Å²) in [5.74, 6) is 0.0108. The van der Waals surface area contributed by atoms with E-state index in [0.717, 1.165) is 80.5 Å². The number of benzene rings is 3. The number of rotatable bonds is 7. The van der Waals surface area contributed by atoms with Crippen molar-refractivity contribution in [3.8, 4) is 21.7 Å². The van der Waals surface area contributed by atoms with Gasteiger partial charge in [-0.15, -0.1) is 11.3 Å². The molecule has 1 N–H and O–H groups in total. The van der Waals surface area contributed by atoms with E-state index in [0.29, 0.717) is 28.7 Å². The van der Waals surface area contributed by atoms with Crippen LogP contribution in [0.15, 0.2) is 48.5 Å². The van der Waals surface area contributed by atoms with Crippen LogP contribution in [0.4, 0.5) is 5.82 Å². The molecule has 0 aliphatic carbocycles. The zero-order chi connectivity index (χ0) is 32.8. The Morgan fingerprint density at radius 2 is 1.77 bits per heavy atom. The molecule has 9 rings (SSSR count). The van der Waals surface area contributed by atoms with Crippen molar-refractivity contribution in [1.82, 2.24) is 19.7 Å². The van der Waals surface area contributed by atoms with Crippen molar-refractivity contribution in [3.05, 3.63) is 64.7 Å². The molecule has 0 spiro atoms. The lowest BCUT2D eigenvalue weighted by atomic mass is 9.86. The van der Waals surface area contributed by atoms with Gasteiger partial charge in [0.1, 0.15) is 5.01 Å². The molecule has 2 aromatic heterocycles. The first-order chi connectivity index (χ1) is 22.4. The number of fused-ring (bicyclic) bond motifs is 4. The van der Waals surface area contributed by atoms with Crippen LogP contribution in [0.1, 0.15) is 44.4 Å². The van der Waals surface area contributed by atoms with Crippen molar-refractivity contribution in [1.29, 1.82) is 0 Å². The van der Waals surface area contributed by atoms with Crippen molar-refractivity contribution >= 4 is 55.8 Å². The maximum Gasteiger partial charge on any atom is 0.337 e. The molecule has 6 heterocycles. The normalized spacial score (nSPS) is 20.9. The van der Waals surface area contributed by atoms with Gasteiger partial charge in [0, 0.05) is 59.3 Å². The lowest BCUT2D eigenvalue weighted by Crippen LogP contribution is -2.72. The summed E-state index contributed by atoms with van der Waals surface area (Å²) in [7, 11) is 2.01. The van der Waals surface area contributed by atoms with Crippen LogP contribution < -0.4 is 4.90 Å². The van der Waals surface area contributed by atoms with E-state index in [2.05, 4.69) is 28.0 Å². The molecule has 2 bridgehead atoms. The molecular weight excluding hydrogens is 634 g/mol. The Bertz CT molecular complexity index is 2020. The average Bonchev–Trinajstić information content (AvgIpc) is 3.55. The Morgan fingerprint density at radius 1 is 1.06 bits per heavy atom. The summed E-state index contributed by atoms with van der Waals surface area (Å²) in [6.07, 6.45) is 0.0409. The van der Waals surface area contributed by atoms with Crippen molar-refractivity contribution in [3.63, 3.8) is 0 Å². The summed E-state index contributed by atoms with van der Waals surface area (Å²) >= 11 is 7.86. The summed E-state index contributed by atoms with van der Waals surface area (Å²) < 4.78 is 14.5. The van der Waals surface area contributed by atoms with Gasteiger partial charge in [0.2, 0.25) is 0 Å². The molecule has 9 nitrogen and oxygen atoms in total. The summed E-state index contributed by atoms with van der Waals surface area (Å²) in [6.45, 7) is 11.3.